The van der Waals surface area contributed by atoms with Crippen molar-refractivity contribution >= 4 is 5.91 Å². The fourth-order valence-corrected chi connectivity index (χ4v) is 6.02. The summed E-state index contributed by atoms with van der Waals surface area (Å²) in [7, 11) is 0. The number of aliphatic hydroxyl groups is 7. The molecule has 2 aliphatic heterocycles. The summed E-state index contributed by atoms with van der Waals surface area (Å²) in [6, 6.07) is -1.74. The van der Waals surface area contributed by atoms with E-state index in [0.717, 1.165) is 0 Å². The van der Waals surface area contributed by atoms with E-state index in [9.17, 15) is 35.4 Å². The van der Waals surface area contributed by atoms with Crippen molar-refractivity contribution in [3.8, 4) is 0 Å². The van der Waals surface area contributed by atoms with E-state index in [1.165, 1.54) is 6.92 Å². The number of nitrogens with one attached hydrogen (secondary N) is 2. The third-order valence-electron chi connectivity index (χ3n) is 8.39. The topological polar surface area (TPSA) is 262 Å². The maximum absolute atomic E-state index is 12.7. The van der Waals surface area contributed by atoms with Crippen LogP contribution in [0.4, 0.5) is 0 Å². The highest BCUT2D eigenvalue weighted by Crippen LogP contribution is 2.38. The Morgan fingerprint density at radius 2 is 1.90 bits per heavy atom. The molecule has 3 rings (SSSR count). The fraction of sp³-hybridized carbons (Fsp3) is 0.962. The number of carbonyl (C=O) groups excluding carboxylic acids is 1. The Hall–Kier alpha value is -1.05. The van der Waals surface area contributed by atoms with Crippen molar-refractivity contribution in [3.63, 3.8) is 0 Å². The number of amides is 1. The maximum Gasteiger partial charge on any atom is 0.249 e. The smallest absolute Gasteiger partial charge is 0.249 e. The second-order valence-electron chi connectivity index (χ2n) is 12.0. The number of hydrogen-bond donors (Lipinski definition) is 11. The second-order valence-corrected chi connectivity index (χ2v) is 12.0. The number of ether oxygens (including phenoxy) is 3. The van der Waals surface area contributed by atoms with Gasteiger partial charge >= 0.3 is 0 Å². The summed E-state index contributed by atoms with van der Waals surface area (Å²) in [6.07, 6.45) is -10.0. The highest BCUT2D eigenvalue weighted by Gasteiger charge is 2.54. The molecule has 1 amide bonds. The SMILES string of the molecule is CC1C(O)C(CNCCCO)OC(C2C(N)CC(NC(=O)C(O)CCN)C(OC3OCC(C)(O)CC3O)C2O)C1O. The molecule has 1 saturated carbocycles. The van der Waals surface area contributed by atoms with Gasteiger partial charge in [0, 0.05) is 37.5 Å². The lowest BCUT2D eigenvalue weighted by molar-refractivity contribution is -0.295. The zero-order chi connectivity index (χ0) is 30.5. The zero-order valence-corrected chi connectivity index (χ0v) is 23.8. The largest absolute Gasteiger partial charge is 0.396 e. The number of aliphatic hydroxyl groups excluding tert-OH is 6. The van der Waals surface area contributed by atoms with Gasteiger partial charge in [0.15, 0.2) is 6.29 Å². The summed E-state index contributed by atoms with van der Waals surface area (Å²) in [6.45, 7) is 3.82. The average Bonchev–Trinajstić information content (AvgIpc) is 2.90. The molecule has 0 bridgehead atoms. The van der Waals surface area contributed by atoms with Crippen LogP contribution in [0, 0.1) is 11.8 Å². The molecular weight excluding hydrogens is 544 g/mol. The van der Waals surface area contributed by atoms with E-state index < -0.39 is 90.5 Å². The van der Waals surface area contributed by atoms with E-state index >= 15 is 0 Å². The van der Waals surface area contributed by atoms with Gasteiger partial charge in [0.05, 0.1) is 48.8 Å². The molecule has 0 aromatic carbocycles. The molecule has 41 heavy (non-hydrogen) atoms. The van der Waals surface area contributed by atoms with Crippen molar-refractivity contribution in [2.45, 2.75) is 112 Å². The summed E-state index contributed by atoms with van der Waals surface area (Å²) in [4.78, 5) is 12.7. The molecule has 13 N–H and O–H groups in total. The van der Waals surface area contributed by atoms with Crippen molar-refractivity contribution < 1.29 is 54.8 Å². The predicted molar refractivity (Wildman–Crippen MR) is 144 cm³/mol. The fourth-order valence-electron chi connectivity index (χ4n) is 6.02. The molecule has 0 aromatic heterocycles. The molecule has 2 saturated heterocycles. The Bertz CT molecular complexity index is 826. The molecule has 0 aromatic rings. The normalized spacial score (nSPS) is 44.4. The van der Waals surface area contributed by atoms with Crippen molar-refractivity contribution in [1.82, 2.24) is 10.6 Å². The second kappa shape index (κ2) is 15.1. The van der Waals surface area contributed by atoms with Crippen LogP contribution in [-0.4, -0.2) is 147 Å². The van der Waals surface area contributed by atoms with Gasteiger partial charge in [0.2, 0.25) is 5.91 Å². The van der Waals surface area contributed by atoms with Gasteiger partial charge in [-0.15, -0.1) is 0 Å². The Morgan fingerprint density at radius 3 is 2.54 bits per heavy atom. The van der Waals surface area contributed by atoms with Crippen molar-refractivity contribution in [2.24, 2.45) is 23.3 Å². The van der Waals surface area contributed by atoms with Crippen molar-refractivity contribution in [3.05, 3.63) is 0 Å². The van der Waals surface area contributed by atoms with E-state index in [2.05, 4.69) is 10.6 Å². The van der Waals surface area contributed by atoms with Gasteiger partial charge in [-0.05, 0) is 39.3 Å². The van der Waals surface area contributed by atoms with Gasteiger partial charge in [0.25, 0.3) is 0 Å². The summed E-state index contributed by atoms with van der Waals surface area (Å²) in [5, 5.41) is 79.4. The van der Waals surface area contributed by atoms with Crippen LogP contribution in [0.3, 0.4) is 0 Å². The average molecular weight is 595 g/mol. The monoisotopic (exact) mass is 594 g/mol. The van der Waals surface area contributed by atoms with Crippen LogP contribution in [0.25, 0.3) is 0 Å². The summed E-state index contributed by atoms with van der Waals surface area (Å²) < 4.78 is 17.7. The molecule has 0 spiro atoms. The van der Waals surface area contributed by atoms with E-state index in [4.69, 9.17) is 30.8 Å². The lowest BCUT2D eigenvalue weighted by Crippen LogP contribution is -2.69. The third kappa shape index (κ3) is 8.53. The van der Waals surface area contributed by atoms with E-state index in [0.29, 0.717) is 13.0 Å². The molecule has 15 heteroatoms. The van der Waals surface area contributed by atoms with Crippen LogP contribution in [0.15, 0.2) is 0 Å². The Balaban J connectivity index is 1.84. The van der Waals surface area contributed by atoms with Crippen LogP contribution in [0.2, 0.25) is 0 Å². The molecule has 240 valence electrons. The maximum atomic E-state index is 12.7. The first-order valence-electron chi connectivity index (χ1n) is 14.4. The Kier molecular flexibility index (Phi) is 12.7. The number of carbonyl (C=O) groups is 1. The van der Waals surface area contributed by atoms with E-state index in [-0.39, 0.29) is 45.6 Å². The molecular formula is C26H50N4O11. The molecule has 15 nitrogen and oxygen atoms in total. The third-order valence-corrected chi connectivity index (χ3v) is 8.39. The van der Waals surface area contributed by atoms with Gasteiger partial charge in [-0.3, -0.25) is 4.79 Å². The van der Waals surface area contributed by atoms with Gasteiger partial charge in [-0.1, -0.05) is 6.92 Å². The highest BCUT2D eigenvalue weighted by atomic mass is 16.7. The minimum absolute atomic E-state index is 0.00122. The molecule has 2 heterocycles. The highest BCUT2D eigenvalue weighted by molar-refractivity contribution is 5.80. The first-order chi connectivity index (χ1) is 19.3. The first-order valence-corrected chi connectivity index (χ1v) is 14.4. The lowest BCUT2D eigenvalue weighted by Gasteiger charge is -2.52. The molecule has 14 atom stereocenters. The van der Waals surface area contributed by atoms with E-state index in [1.807, 2.05) is 0 Å². The summed E-state index contributed by atoms with van der Waals surface area (Å²) in [5.41, 5.74) is 10.7. The zero-order valence-electron chi connectivity index (χ0n) is 23.8. The van der Waals surface area contributed by atoms with Gasteiger partial charge in [-0.25, -0.2) is 0 Å². The molecule has 3 fully saturated rings. The number of nitrogens with two attached hydrogens (primary N) is 2. The number of rotatable bonds is 12. The van der Waals surface area contributed by atoms with Crippen LogP contribution in [-0.2, 0) is 19.0 Å². The van der Waals surface area contributed by atoms with Crippen LogP contribution in [0.5, 0.6) is 0 Å². The molecule has 14 unspecified atom stereocenters. The van der Waals surface area contributed by atoms with Gasteiger partial charge in [0.1, 0.15) is 18.3 Å². The molecule has 3 aliphatic rings. The van der Waals surface area contributed by atoms with Gasteiger partial charge in [-0.2, -0.15) is 0 Å². The minimum Gasteiger partial charge on any atom is -0.396 e. The minimum atomic E-state index is -1.45. The lowest BCUT2D eigenvalue weighted by atomic mass is 9.70. The van der Waals surface area contributed by atoms with Gasteiger partial charge < -0.3 is 72.1 Å². The number of hydrogen-bond acceptors (Lipinski definition) is 14. The Labute approximate surface area is 240 Å². The standard InChI is InChI=1S/C26H50N4O11/c1-12-19(34)17(10-29-6-3-7-31)40-23(20(12)35)18-13(28)8-14(30-24(37)15(32)4-5-27)22(21(18)36)41-25-16(33)9-26(2,38)11-39-25/h12-23,25,29,31-36,38H,3-11,27-28H2,1-2H3,(H,30,37). The van der Waals surface area contributed by atoms with Crippen LogP contribution < -0.4 is 22.1 Å². The Morgan fingerprint density at radius 1 is 1.20 bits per heavy atom. The first kappa shape index (κ1) is 34.4. The summed E-state index contributed by atoms with van der Waals surface area (Å²) in [5.74, 6) is -2.29. The molecule has 0 radical (unpaired) electrons. The van der Waals surface area contributed by atoms with Crippen LogP contribution >= 0.6 is 0 Å². The quantitative estimate of drug-likeness (QED) is 0.0948. The van der Waals surface area contributed by atoms with Crippen LogP contribution in [0.1, 0.15) is 39.5 Å². The summed E-state index contributed by atoms with van der Waals surface area (Å²) >= 11 is 0. The van der Waals surface area contributed by atoms with Crippen molar-refractivity contribution in [1.29, 1.82) is 0 Å². The molecule has 1 aliphatic carbocycles. The van der Waals surface area contributed by atoms with Crippen molar-refractivity contribution in [2.75, 3.05) is 32.8 Å². The predicted octanol–water partition coefficient (Wildman–Crippen LogP) is -4.77. The van der Waals surface area contributed by atoms with E-state index in [1.54, 1.807) is 6.92 Å².